The number of hydrogen-bond acceptors (Lipinski definition) is 8. The predicted molar refractivity (Wildman–Crippen MR) is 150 cm³/mol. The number of piperazine rings is 1. The summed E-state index contributed by atoms with van der Waals surface area (Å²) in [6, 6.07) is 6.36. The molecule has 1 aliphatic heterocycles. The molecule has 1 aromatic carbocycles. The number of methoxy groups -OCH3 is 1. The van der Waals surface area contributed by atoms with Gasteiger partial charge in [0.2, 0.25) is 5.91 Å². The van der Waals surface area contributed by atoms with Crippen LogP contribution in [0.3, 0.4) is 0 Å². The molecule has 1 aliphatic rings. The zero-order valence-electron chi connectivity index (χ0n) is 20.2. The van der Waals surface area contributed by atoms with Gasteiger partial charge in [-0.25, -0.2) is 9.50 Å². The highest BCUT2D eigenvalue weighted by molar-refractivity contribution is 7.22. The third kappa shape index (κ3) is 5.23. The first-order chi connectivity index (χ1) is 16.5. The highest BCUT2D eigenvalue weighted by atomic mass is 35.5. The Morgan fingerprint density at radius 2 is 1.97 bits per heavy atom. The SMILES string of the molecule is COc1cc(C)cc2cc(-c3c(CCC(N)=O)c(CN4CCNCC4)n4ncnc(N)c34)sc12.Cl.Cl. The van der Waals surface area contributed by atoms with Crippen molar-refractivity contribution in [1.82, 2.24) is 24.8 Å². The van der Waals surface area contributed by atoms with E-state index in [1.165, 1.54) is 6.33 Å². The molecular weight excluding hydrogens is 521 g/mol. The standard InChI is InChI=1S/C24H29N7O2S.2ClH/c1-14-9-15-11-19(34-23(15)18(10-14)33-2)21-16(3-4-20(25)32)17(12-30-7-5-27-6-8-30)31-22(21)24(26)28-13-29-31;;/h9-11,13,27H,3-8,12H2,1-2H3,(H2,25,32)(H2,26,28,29);2*1H. The largest absolute Gasteiger partial charge is 0.495 e. The summed E-state index contributed by atoms with van der Waals surface area (Å²) in [6.45, 7) is 6.54. The number of nitrogens with one attached hydrogen (secondary N) is 1. The van der Waals surface area contributed by atoms with E-state index in [1.54, 1.807) is 18.4 Å². The van der Waals surface area contributed by atoms with Crippen molar-refractivity contribution in [1.29, 1.82) is 0 Å². The van der Waals surface area contributed by atoms with Crippen molar-refractivity contribution in [2.45, 2.75) is 26.3 Å². The Morgan fingerprint density at radius 3 is 2.67 bits per heavy atom. The first kappa shape index (κ1) is 27.9. The molecule has 3 aromatic heterocycles. The number of benzene rings is 1. The normalized spacial score (nSPS) is 13.9. The summed E-state index contributed by atoms with van der Waals surface area (Å²) in [5.74, 6) is 0.929. The van der Waals surface area contributed by atoms with Gasteiger partial charge in [0.25, 0.3) is 0 Å². The molecule has 9 nitrogen and oxygen atoms in total. The predicted octanol–water partition coefficient (Wildman–Crippen LogP) is 3.18. The summed E-state index contributed by atoms with van der Waals surface area (Å²) in [4.78, 5) is 19.5. The number of carbonyl (C=O) groups excluding carboxylic acids is 1. The number of aryl methyl sites for hydroxylation is 1. The minimum atomic E-state index is -0.331. The zero-order chi connectivity index (χ0) is 23.8. The van der Waals surface area contributed by atoms with Gasteiger partial charge in [0, 0.05) is 49.6 Å². The number of ether oxygens (including phenoxy) is 1. The third-order valence-electron chi connectivity index (χ3n) is 6.36. The number of nitrogen functional groups attached to an aromatic ring is 1. The zero-order valence-corrected chi connectivity index (χ0v) is 22.7. The maximum absolute atomic E-state index is 11.8. The maximum Gasteiger partial charge on any atom is 0.217 e. The number of aromatic nitrogens is 3. The summed E-state index contributed by atoms with van der Waals surface area (Å²) < 4.78 is 8.64. The molecule has 0 spiro atoms. The van der Waals surface area contributed by atoms with Crippen molar-refractivity contribution in [2.75, 3.05) is 39.0 Å². The van der Waals surface area contributed by atoms with Crippen LogP contribution in [0.25, 0.3) is 26.0 Å². The Kier molecular flexibility index (Phi) is 9.02. The van der Waals surface area contributed by atoms with Crippen molar-refractivity contribution >= 4 is 63.5 Å². The molecule has 5 rings (SSSR count). The van der Waals surface area contributed by atoms with Gasteiger partial charge in [0.1, 0.15) is 17.6 Å². The molecule has 4 aromatic rings. The van der Waals surface area contributed by atoms with E-state index in [2.05, 4.69) is 39.4 Å². The first-order valence-electron chi connectivity index (χ1n) is 11.4. The van der Waals surface area contributed by atoms with Crippen molar-refractivity contribution < 1.29 is 9.53 Å². The van der Waals surface area contributed by atoms with Gasteiger partial charge in [-0.2, -0.15) is 5.10 Å². The Labute approximate surface area is 226 Å². The number of anilines is 1. The van der Waals surface area contributed by atoms with Gasteiger partial charge in [-0.3, -0.25) is 9.69 Å². The monoisotopic (exact) mass is 551 g/mol. The topological polar surface area (TPSA) is 124 Å². The number of carbonyl (C=O) groups is 1. The summed E-state index contributed by atoms with van der Waals surface area (Å²) in [7, 11) is 1.69. The summed E-state index contributed by atoms with van der Waals surface area (Å²) >= 11 is 1.65. The molecule has 194 valence electrons. The number of rotatable bonds is 7. The molecule has 1 fully saturated rings. The average molecular weight is 553 g/mol. The van der Waals surface area contributed by atoms with Crippen LogP contribution < -0.4 is 21.5 Å². The van der Waals surface area contributed by atoms with Crippen LogP contribution in [-0.2, 0) is 17.8 Å². The van der Waals surface area contributed by atoms with Crippen molar-refractivity contribution in [2.24, 2.45) is 5.73 Å². The molecule has 1 amide bonds. The van der Waals surface area contributed by atoms with Gasteiger partial charge in [0.15, 0.2) is 5.82 Å². The van der Waals surface area contributed by atoms with E-state index in [4.69, 9.17) is 16.2 Å². The number of thiophene rings is 1. The minimum absolute atomic E-state index is 0. The van der Waals surface area contributed by atoms with Crippen LogP contribution in [0.4, 0.5) is 5.82 Å². The number of hydrogen-bond donors (Lipinski definition) is 3. The van der Waals surface area contributed by atoms with Crippen LogP contribution in [0.5, 0.6) is 5.75 Å². The highest BCUT2D eigenvalue weighted by Gasteiger charge is 2.26. The molecule has 0 bridgehead atoms. The Balaban J connectivity index is 0.00000180. The molecule has 36 heavy (non-hydrogen) atoms. The van der Waals surface area contributed by atoms with E-state index in [0.717, 1.165) is 74.8 Å². The van der Waals surface area contributed by atoms with E-state index in [-0.39, 0.29) is 37.1 Å². The quantitative estimate of drug-likeness (QED) is 0.322. The molecule has 0 aliphatic carbocycles. The van der Waals surface area contributed by atoms with E-state index in [0.29, 0.717) is 18.8 Å². The van der Waals surface area contributed by atoms with E-state index in [1.807, 2.05) is 10.6 Å². The minimum Gasteiger partial charge on any atom is -0.495 e. The van der Waals surface area contributed by atoms with Gasteiger partial charge in [-0.15, -0.1) is 36.2 Å². The van der Waals surface area contributed by atoms with Gasteiger partial charge < -0.3 is 21.5 Å². The van der Waals surface area contributed by atoms with Crippen LogP contribution in [0.15, 0.2) is 24.5 Å². The van der Waals surface area contributed by atoms with Gasteiger partial charge in [-0.05, 0) is 42.0 Å². The molecule has 0 unspecified atom stereocenters. The van der Waals surface area contributed by atoms with Crippen LogP contribution >= 0.6 is 36.2 Å². The lowest BCUT2D eigenvalue weighted by molar-refractivity contribution is -0.117. The van der Waals surface area contributed by atoms with Crippen LogP contribution in [0, 0.1) is 6.92 Å². The fourth-order valence-electron chi connectivity index (χ4n) is 4.79. The Bertz CT molecular complexity index is 1380. The van der Waals surface area contributed by atoms with Crippen molar-refractivity contribution in [3.8, 4) is 16.2 Å². The number of halogens is 2. The number of amides is 1. The molecule has 12 heteroatoms. The van der Waals surface area contributed by atoms with Gasteiger partial charge >= 0.3 is 0 Å². The lowest BCUT2D eigenvalue weighted by Gasteiger charge is -2.27. The lowest BCUT2D eigenvalue weighted by atomic mass is 10.0. The molecule has 5 N–H and O–H groups in total. The maximum atomic E-state index is 11.8. The molecule has 0 radical (unpaired) electrons. The van der Waals surface area contributed by atoms with Crippen LogP contribution in [0.1, 0.15) is 23.2 Å². The second kappa shape index (κ2) is 11.6. The van der Waals surface area contributed by atoms with Crippen LogP contribution in [-0.4, -0.2) is 58.7 Å². The second-order valence-corrected chi connectivity index (χ2v) is 9.75. The lowest BCUT2D eigenvalue weighted by Crippen LogP contribution is -2.43. The smallest absolute Gasteiger partial charge is 0.217 e. The molecular formula is C24H31Cl2N7O2S. The first-order valence-corrected chi connectivity index (χ1v) is 12.2. The highest BCUT2D eigenvalue weighted by Crippen LogP contribution is 2.44. The van der Waals surface area contributed by atoms with Crippen molar-refractivity contribution in [3.05, 3.63) is 41.3 Å². The van der Waals surface area contributed by atoms with Crippen molar-refractivity contribution in [3.63, 3.8) is 0 Å². The fraction of sp³-hybridized carbons (Fsp3) is 0.375. The van der Waals surface area contributed by atoms with E-state index in [9.17, 15) is 4.79 Å². The summed E-state index contributed by atoms with van der Waals surface area (Å²) in [5.41, 5.74) is 17.0. The molecule has 1 saturated heterocycles. The van der Waals surface area contributed by atoms with E-state index < -0.39 is 0 Å². The molecule has 0 atom stereocenters. The average Bonchev–Trinajstić information content (AvgIpc) is 3.37. The fourth-order valence-corrected chi connectivity index (χ4v) is 5.99. The Hall–Kier alpha value is -2.63. The van der Waals surface area contributed by atoms with Gasteiger partial charge in [-0.1, -0.05) is 6.07 Å². The molecule has 4 heterocycles. The Morgan fingerprint density at radius 1 is 1.22 bits per heavy atom. The molecule has 0 saturated carbocycles. The third-order valence-corrected chi connectivity index (χ3v) is 7.54. The van der Waals surface area contributed by atoms with Gasteiger partial charge in [0.05, 0.1) is 17.5 Å². The van der Waals surface area contributed by atoms with E-state index >= 15 is 0 Å². The summed E-state index contributed by atoms with van der Waals surface area (Å²) in [5, 5.41) is 9.10. The second-order valence-electron chi connectivity index (χ2n) is 8.69. The number of nitrogens with two attached hydrogens (primary N) is 2. The number of fused-ring (bicyclic) bond motifs is 2. The van der Waals surface area contributed by atoms with Crippen LogP contribution in [0.2, 0.25) is 0 Å². The number of primary amides is 1. The summed E-state index contributed by atoms with van der Waals surface area (Å²) in [6.07, 6.45) is 2.25. The number of nitrogens with zero attached hydrogens (tertiary/aromatic N) is 4.